The van der Waals surface area contributed by atoms with Crippen molar-refractivity contribution in [2.75, 3.05) is 31.1 Å². The van der Waals surface area contributed by atoms with Gasteiger partial charge < -0.3 is 15.3 Å². The van der Waals surface area contributed by atoms with Crippen LogP contribution in [0, 0.1) is 11.8 Å². The van der Waals surface area contributed by atoms with Crippen molar-refractivity contribution in [1.29, 1.82) is 0 Å². The molecule has 1 heterocycles. The Morgan fingerprint density at radius 2 is 2.17 bits per heavy atom. The molecule has 0 radical (unpaired) electrons. The highest BCUT2D eigenvalue weighted by Crippen LogP contribution is 2.22. The van der Waals surface area contributed by atoms with Gasteiger partial charge in [-0.05, 0) is 23.8 Å². The average Bonchev–Trinajstić information content (AvgIpc) is 2.71. The van der Waals surface area contributed by atoms with Crippen molar-refractivity contribution in [3.05, 3.63) is 0 Å². The molecule has 104 valence electrons. The predicted molar refractivity (Wildman–Crippen MR) is 72.9 cm³/mol. The Labute approximate surface area is 112 Å². The number of hydrogen-bond acceptors (Lipinski definition) is 3. The molecule has 5 nitrogen and oxygen atoms in total. The van der Waals surface area contributed by atoms with Crippen LogP contribution in [0.15, 0.2) is 0 Å². The Kier molecular flexibility index (Phi) is 6.32. The molecule has 0 bridgehead atoms. The van der Waals surface area contributed by atoms with Crippen LogP contribution in [-0.4, -0.2) is 53.1 Å². The normalized spacial score (nSPS) is 23.1. The molecule has 0 aliphatic carbocycles. The SMILES string of the molecule is CCSCCCNC(=O)N1CC(C)C(C(=O)O)C1. The smallest absolute Gasteiger partial charge is 0.317 e. The zero-order valence-corrected chi connectivity index (χ0v) is 11.8. The predicted octanol–water partition coefficient (Wildman–Crippen LogP) is 1.49. The van der Waals surface area contributed by atoms with E-state index >= 15 is 0 Å². The van der Waals surface area contributed by atoms with E-state index in [1.807, 2.05) is 18.7 Å². The largest absolute Gasteiger partial charge is 0.481 e. The topological polar surface area (TPSA) is 69.6 Å². The van der Waals surface area contributed by atoms with Gasteiger partial charge in [0.1, 0.15) is 0 Å². The van der Waals surface area contributed by atoms with Gasteiger partial charge in [0.25, 0.3) is 0 Å². The molecule has 0 aromatic carbocycles. The lowest BCUT2D eigenvalue weighted by Crippen LogP contribution is -2.39. The van der Waals surface area contributed by atoms with Gasteiger partial charge in [-0.15, -0.1) is 0 Å². The molecule has 1 aliphatic rings. The Bertz CT molecular complexity index is 299. The lowest BCUT2D eigenvalue weighted by Gasteiger charge is -2.16. The number of thioether (sulfide) groups is 1. The number of urea groups is 1. The molecule has 0 aromatic rings. The molecule has 0 aromatic heterocycles. The van der Waals surface area contributed by atoms with Crippen LogP contribution >= 0.6 is 11.8 Å². The quantitative estimate of drug-likeness (QED) is 0.720. The van der Waals surface area contributed by atoms with E-state index in [0.717, 1.165) is 17.9 Å². The number of nitrogens with zero attached hydrogens (tertiary/aromatic N) is 1. The number of aliphatic carboxylic acids is 1. The number of hydrogen-bond donors (Lipinski definition) is 2. The van der Waals surface area contributed by atoms with Crippen LogP contribution in [0.4, 0.5) is 4.79 Å². The lowest BCUT2D eigenvalue weighted by molar-refractivity contribution is -0.142. The first kappa shape index (κ1) is 15.1. The number of amides is 2. The zero-order chi connectivity index (χ0) is 13.5. The fourth-order valence-corrected chi connectivity index (χ4v) is 2.72. The van der Waals surface area contributed by atoms with E-state index in [2.05, 4.69) is 12.2 Å². The standard InChI is InChI=1S/C12H22N2O3S/c1-3-18-6-4-5-13-12(17)14-7-9(2)10(8-14)11(15)16/h9-10H,3-8H2,1-2H3,(H,13,17)(H,15,16). The number of carbonyl (C=O) groups excluding carboxylic acids is 1. The number of carbonyl (C=O) groups is 2. The van der Waals surface area contributed by atoms with Gasteiger partial charge in [0.2, 0.25) is 0 Å². The van der Waals surface area contributed by atoms with Crippen molar-refractivity contribution in [3.8, 4) is 0 Å². The lowest BCUT2D eigenvalue weighted by atomic mass is 9.99. The van der Waals surface area contributed by atoms with Gasteiger partial charge >= 0.3 is 12.0 Å². The molecule has 6 heteroatoms. The van der Waals surface area contributed by atoms with Crippen LogP contribution in [0.2, 0.25) is 0 Å². The molecule has 0 saturated carbocycles. The van der Waals surface area contributed by atoms with Gasteiger partial charge in [0, 0.05) is 19.6 Å². The van der Waals surface area contributed by atoms with E-state index in [-0.39, 0.29) is 11.9 Å². The zero-order valence-electron chi connectivity index (χ0n) is 11.0. The molecular formula is C12H22N2O3S. The Morgan fingerprint density at radius 1 is 1.44 bits per heavy atom. The minimum Gasteiger partial charge on any atom is -0.481 e. The summed E-state index contributed by atoms with van der Waals surface area (Å²) in [7, 11) is 0. The monoisotopic (exact) mass is 274 g/mol. The fourth-order valence-electron chi connectivity index (χ4n) is 2.08. The molecular weight excluding hydrogens is 252 g/mol. The first-order chi connectivity index (χ1) is 8.56. The van der Waals surface area contributed by atoms with Crippen molar-refractivity contribution in [3.63, 3.8) is 0 Å². The van der Waals surface area contributed by atoms with E-state index in [1.54, 1.807) is 4.90 Å². The highest BCUT2D eigenvalue weighted by Gasteiger charge is 2.36. The van der Waals surface area contributed by atoms with E-state index in [9.17, 15) is 9.59 Å². The van der Waals surface area contributed by atoms with Crippen LogP contribution in [0.5, 0.6) is 0 Å². The summed E-state index contributed by atoms with van der Waals surface area (Å²) in [5.41, 5.74) is 0. The van der Waals surface area contributed by atoms with Crippen molar-refractivity contribution in [1.82, 2.24) is 10.2 Å². The third-order valence-electron chi connectivity index (χ3n) is 3.16. The minimum absolute atomic E-state index is 0.0314. The van der Waals surface area contributed by atoms with E-state index < -0.39 is 11.9 Å². The molecule has 1 saturated heterocycles. The summed E-state index contributed by atoms with van der Waals surface area (Å²) >= 11 is 1.85. The van der Waals surface area contributed by atoms with E-state index in [0.29, 0.717) is 19.6 Å². The number of carboxylic acid groups (broad SMARTS) is 1. The molecule has 2 unspecified atom stereocenters. The maximum Gasteiger partial charge on any atom is 0.317 e. The van der Waals surface area contributed by atoms with E-state index in [4.69, 9.17) is 5.11 Å². The summed E-state index contributed by atoms with van der Waals surface area (Å²) in [5.74, 6) is 0.940. The van der Waals surface area contributed by atoms with Gasteiger partial charge in [0.15, 0.2) is 0 Å². The second-order valence-corrected chi connectivity index (χ2v) is 6.00. The minimum atomic E-state index is -0.808. The molecule has 2 amide bonds. The van der Waals surface area contributed by atoms with Crippen molar-refractivity contribution in [2.45, 2.75) is 20.3 Å². The summed E-state index contributed by atoms with van der Waals surface area (Å²) in [6.07, 6.45) is 0.954. The molecule has 1 rings (SSSR count). The average molecular weight is 274 g/mol. The van der Waals surface area contributed by atoms with Crippen molar-refractivity contribution in [2.24, 2.45) is 11.8 Å². The van der Waals surface area contributed by atoms with Gasteiger partial charge in [-0.3, -0.25) is 4.79 Å². The van der Waals surface area contributed by atoms with Gasteiger partial charge in [-0.1, -0.05) is 13.8 Å². The second-order valence-electron chi connectivity index (χ2n) is 4.61. The maximum absolute atomic E-state index is 11.8. The molecule has 18 heavy (non-hydrogen) atoms. The molecule has 2 atom stereocenters. The summed E-state index contributed by atoms with van der Waals surface area (Å²) in [4.78, 5) is 24.4. The molecule has 0 spiro atoms. The number of nitrogens with one attached hydrogen (secondary N) is 1. The summed E-state index contributed by atoms with van der Waals surface area (Å²) in [5, 5.41) is 11.8. The van der Waals surface area contributed by atoms with Gasteiger partial charge in [-0.25, -0.2) is 4.79 Å². The Morgan fingerprint density at radius 3 is 2.72 bits per heavy atom. The van der Waals surface area contributed by atoms with Crippen LogP contribution < -0.4 is 5.32 Å². The Balaban J connectivity index is 2.25. The fraction of sp³-hybridized carbons (Fsp3) is 0.833. The maximum atomic E-state index is 11.8. The summed E-state index contributed by atoms with van der Waals surface area (Å²) in [6, 6.07) is -0.132. The third-order valence-corrected chi connectivity index (χ3v) is 4.15. The van der Waals surface area contributed by atoms with Crippen LogP contribution in [0.1, 0.15) is 20.3 Å². The summed E-state index contributed by atoms with van der Waals surface area (Å²) in [6.45, 7) is 5.51. The number of likely N-dealkylation sites (tertiary alicyclic amines) is 1. The first-order valence-corrected chi connectivity index (χ1v) is 7.55. The molecule has 2 N–H and O–H groups in total. The van der Waals surface area contributed by atoms with Crippen LogP contribution in [0.3, 0.4) is 0 Å². The second kappa shape index (κ2) is 7.51. The number of carboxylic acids is 1. The highest BCUT2D eigenvalue weighted by atomic mass is 32.2. The van der Waals surface area contributed by atoms with Gasteiger partial charge in [-0.2, -0.15) is 11.8 Å². The first-order valence-electron chi connectivity index (χ1n) is 6.39. The van der Waals surface area contributed by atoms with Crippen LogP contribution in [0.25, 0.3) is 0 Å². The number of rotatable bonds is 6. The highest BCUT2D eigenvalue weighted by molar-refractivity contribution is 7.99. The van der Waals surface area contributed by atoms with Crippen molar-refractivity contribution < 1.29 is 14.7 Å². The third kappa shape index (κ3) is 4.40. The van der Waals surface area contributed by atoms with E-state index in [1.165, 1.54) is 0 Å². The molecule has 1 aliphatic heterocycles. The Hall–Kier alpha value is -0.910. The summed E-state index contributed by atoms with van der Waals surface area (Å²) < 4.78 is 0. The molecule has 1 fully saturated rings. The van der Waals surface area contributed by atoms with Gasteiger partial charge in [0.05, 0.1) is 5.92 Å². The van der Waals surface area contributed by atoms with Crippen LogP contribution in [-0.2, 0) is 4.79 Å². The van der Waals surface area contributed by atoms with Crippen molar-refractivity contribution >= 4 is 23.8 Å².